The standard InChI is InChI=1S/C29H33N5O2/c1-4-18-15-22-23(16-24(18)34-9-7-20(8-10-34)33-11-13-36-14-12-33)29(2,3)27-25(26(22)35)21-6-5-19(17-30)31-28(21)32-27/h5-6,15-16,20H,4,7-14H2,1-3H3,(H,31,32). The second-order valence-electron chi connectivity index (χ2n) is 10.8. The highest BCUT2D eigenvalue weighted by atomic mass is 16.5. The smallest absolute Gasteiger partial charge is 0.195 e. The van der Waals surface area contributed by atoms with E-state index < -0.39 is 0 Å². The molecule has 2 saturated heterocycles. The number of aryl methyl sites for hydroxylation is 1. The van der Waals surface area contributed by atoms with E-state index in [4.69, 9.17) is 4.74 Å². The van der Waals surface area contributed by atoms with Gasteiger partial charge in [0.25, 0.3) is 0 Å². The molecule has 36 heavy (non-hydrogen) atoms. The van der Waals surface area contributed by atoms with Crippen molar-refractivity contribution in [1.29, 1.82) is 5.26 Å². The van der Waals surface area contributed by atoms with Crippen LogP contribution in [0.4, 0.5) is 5.69 Å². The molecular weight excluding hydrogens is 450 g/mol. The Morgan fingerprint density at radius 1 is 1.17 bits per heavy atom. The molecule has 0 spiro atoms. The number of morpholine rings is 1. The molecular formula is C29H33N5O2. The molecule has 1 N–H and O–H groups in total. The zero-order valence-electron chi connectivity index (χ0n) is 21.4. The predicted octanol–water partition coefficient (Wildman–Crippen LogP) is 4.17. The average Bonchev–Trinajstić information content (AvgIpc) is 3.32. The maximum atomic E-state index is 13.9. The highest BCUT2D eigenvalue weighted by Gasteiger charge is 2.41. The number of carbonyl (C=O) groups excluding carboxylic acids is 1. The molecule has 0 saturated carbocycles. The zero-order valence-corrected chi connectivity index (χ0v) is 21.4. The number of benzene rings is 1. The molecule has 0 amide bonds. The number of H-pyrrole nitrogens is 1. The summed E-state index contributed by atoms with van der Waals surface area (Å²) in [6.45, 7) is 12.4. The lowest BCUT2D eigenvalue weighted by atomic mass is 9.70. The number of ketones is 1. The monoisotopic (exact) mass is 483 g/mol. The third-order valence-corrected chi connectivity index (χ3v) is 8.51. The maximum absolute atomic E-state index is 13.9. The lowest BCUT2D eigenvalue weighted by molar-refractivity contribution is 0.0115. The third-order valence-electron chi connectivity index (χ3n) is 8.51. The van der Waals surface area contributed by atoms with Crippen molar-refractivity contribution in [2.24, 2.45) is 0 Å². The fraction of sp³-hybridized carbons (Fsp3) is 0.483. The van der Waals surface area contributed by atoms with Gasteiger partial charge in [0, 0.05) is 60.0 Å². The minimum absolute atomic E-state index is 0.0457. The number of anilines is 1. The molecule has 0 unspecified atom stereocenters. The van der Waals surface area contributed by atoms with E-state index in [9.17, 15) is 10.1 Å². The SMILES string of the molecule is CCc1cc2c(cc1N1CCC(N3CCOCC3)CC1)C(C)(C)c1[nH]c3nc(C#N)ccc3c1C2=O. The van der Waals surface area contributed by atoms with Crippen LogP contribution in [0, 0.1) is 11.3 Å². The van der Waals surface area contributed by atoms with Crippen LogP contribution in [-0.4, -0.2) is 66.1 Å². The van der Waals surface area contributed by atoms with E-state index in [0.717, 1.165) is 80.9 Å². The summed E-state index contributed by atoms with van der Waals surface area (Å²) >= 11 is 0. The Bertz CT molecular complexity index is 1380. The fourth-order valence-corrected chi connectivity index (χ4v) is 6.44. The summed E-state index contributed by atoms with van der Waals surface area (Å²) < 4.78 is 5.55. The molecule has 0 atom stereocenters. The quantitative estimate of drug-likeness (QED) is 0.602. The number of piperidine rings is 1. The van der Waals surface area contributed by atoms with Crippen molar-refractivity contribution < 1.29 is 9.53 Å². The number of nitrogens with zero attached hydrogens (tertiary/aromatic N) is 4. The molecule has 186 valence electrons. The van der Waals surface area contributed by atoms with E-state index in [-0.39, 0.29) is 11.2 Å². The van der Waals surface area contributed by atoms with Gasteiger partial charge in [-0.15, -0.1) is 0 Å². The van der Waals surface area contributed by atoms with Crippen LogP contribution in [0.5, 0.6) is 0 Å². The van der Waals surface area contributed by atoms with Crippen molar-refractivity contribution in [1.82, 2.24) is 14.9 Å². The van der Waals surface area contributed by atoms with Gasteiger partial charge in [0.1, 0.15) is 17.4 Å². The Labute approximate surface area is 212 Å². The van der Waals surface area contributed by atoms with Gasteiger partial charge in [-0.25, -0.2) is 4.98 Å². The summed E-state index contributed by atoms with van der Waals surface area (Å²) in [5.74, 6) is 0.0457. The second kappa shape index (κ2) is 8.72. The highest BCUT2D eigenvalue weighted by Crippen LogP contribution is 2.45. The number of nitrogens with one attached hydrogen (secondary N) is 1. The van der Waals surface area contributed by atoms with Gasteiger partial charge >= 0.3 is 0 Å². The van der Waals surface area contributed by atoms with Crippen LogP contribution in [0.25, 0.3) is 11.0 Å². The Hall–Kier alpha value is -3.21. The van der Waals surface area contributed by atoms with Gasteiger partial charge in [0.15, 0.2) is 5.78 Å². The van der Waals surface area contributed by atoms with E-state index >= 15 is 0 Å². The minimum atomic E-state index is -0.390. The first kappa shape index (κ1) is 23.2. The lowest BCUT2D eigenvalue weighted by Gasteiger charge is -2.42. The molecule has 1 aromatic carbocycles. The summed E-state index contributed by atoms with van der Waals surface area (Å²) in [6, 6.07) is 10.7. The molecule has 7 nitrogen and oxygen atoms in total. The van der Waals surface area contributed by atoms with E-state index in [0.29, 0.717) is 22.9 Å². The number of ether oxygens (including phenoxy) is 1. The second-order valence-corrected chi connectivity index (χ2v) is 10.8. The average molecular weight is 484 g/mol. The van der Waals surface area contributed by atoms with Gasteiger partial charge in [-0.05, 0) is 54.7 Å². The van der Waals surface area contributed by atoms with E-state index in [1.54, 1.807) is 6.07 Å². The van der Waals surface area contributed by atoms with E-state index in [1.807, 2.05) is 6.07 Å². The molecule has 2 aromatic heterocycles. The van der Waals surface area contributed by atoms with Crippen molar-refractivity contribution in [3.05, 3.63) is 57.9 Å². The summed E-state index contributed by atoms with van der Waals surface area (Å²) in [5.41, 5.74) is 6.50. The van der Waals surface area contributed by atoms with Gasteiger partial charge in [0.2, 0.25) is 0 Å². The lowest BCUT2D eigenvalue weighted by Crippen LogP contribution is -2.49. The van der Waals surface area contributed by atoms with Crippen LogP contribution in [0.1, 0.15) is 72.0 Å². The molecule has 0 bridgehead atoms. The van der Waals surface area contributed by atoms with Gasteiger partial charge in [-0.3, -0.25) is 9.69 Å². The van der Waals surface area contributed by atoms with Gasteiger partial charge < -0.3 is 14.6 Å². The number of nitriles is 1. The number of aromatic nitrogens is 2. The zero-order chi connectivity index (χ0) is 25.0. The van der Waals surface area contributed by atoms with Crippen molar-refractivity contribution in [2.45, 2.75) is 51.5 Å². The summed E-state index contributed by atoms with van der Waals surface area (Å²) in [6.07, 6.45) is 3.19. The van der Waals surface area contributed by atoms with Crippen LogP contribution in [0.3, 0.4) is 0 Å². The fourth-order valence-electron chi connectivity index (χ4n) is 6.44. The number of aromatic amines is 1. The van der Waals surface area contributed by atoms with Crippen LogP contribution in [0.2, 0.25) is 0 Å². The molecule has 6 rings (SSSR count). The summed E-state index contributed by atoms with van der Waals surface area (Å²) in [4.78, 5) is 26.8. The molecule has 1 aliphatic carbocycles. The predicted molar refractivity (Wildman–Crippen MR) is 140 cm³/mol. The normalized spacial score (nSPS) is 20.3. The van der Waals surface area contributed by atoms with Crippen LogP contribution >= 0.6 is 0 Å². The van der Waals surface area contributed by atoms with Crippen molar-refractivity contribution in [3.8, 4) is 6.07 Å². The van der Waals surface area contributed by atoms with E-state index in [1.165, 1.54) is 11.3 Å². The van der Waals surface area contributed by atoms with E-state index in [2.05, 4.69) is 58.7 Å². The number of pyridine rings is 1. The summed E-state index contributed by atoms with van der Waals surface area (Å²) in [5, 5.41) is 10.1. The van der Waals surface area contributed by atoms with Gasteiger partial charge in [-0.2, -0.15) is 5.26 Å². The molecule has 7 heteroatoms. The van der Waals surface area contributed by atoms with Crippen LogP contribution < -0.4 is 4.90 Å². The van der Waals surface area contributed by atoms with Crippen molar-refractivity contribution in [3.63, 3.8) is 0 Å². The van der Waals surface area contributed by atoms with Crippen LogP contribution in [0.15, 0.2) is 24.3 Å². The Morgan fingerprint density at radius 3 is 2.61 bits per heavy atom. The maximum Gasteiger partial charge on any atom is 0.195 e. The Kier molecular flexibility index (Phi) is 5.62. The van der Waals surface area contributed by atoms with Gasteiger partial charge in [-0.1, -0.05) is 20.8 Å². The molecule has 2 fully saturated rings. The Balaban J connectivity index is 1.37. The first-order chi connectivity index (χ1) is 17.4. The topological polar surface area (TPSA) is 85.2 Å². The first-order valence-corrected chi connectivity index (χ1v) is 13.1. The van der Waals surface area contributed by atoms with Crippen molar-refractivity contribution in [2.75, 3.05) is 44.3 Å². The summed E-state index contributed by atoms with van der Waals surface area (Å²) in [7, 11) is 0. The molecule has 2 aliphatic heterocycles. The third kappa shape index (κ3) is 3.55. The molecule has 0 radical (unpaired) electrons. The number of rotatable bonds is 3. The minimum Gasteiger partial charge on any atom is -0.379 e. The number of carbonyl (C=O) groups is 1. The van der Waals surface area contributed by atoms with Gasteiger partial charge in [0.05, 0.1) is 18.8 Å². The number of hydrogen-bond donors (Lipinski definition) is 1. The van der Waals surface area contributed by atoms with Crippen molar-refractivity contribution >= 4 is 22.5 Å². The largest absolute Gasteiger partial charge is 0.379 e. The molecule has 3 aromatic rings. The Morgan fingerprint density at radius 2 is 1.92 bits per heavy atom. The van der Waals surface area contributed by atoms with Crippen LogP contribution in [-0.2, 0) is 16.6 Å². The number of hydrogen-bond acceptors (Lipinski definition) is 6. The first-order valence-electron chi connectivity index (χ1n) is 13.1. The molecule has 4 heterocycles. The number of fused-ring (bicyclic) bond motifs is 4. The molecule has 3 aliphatic rings. The highest BCUT2D eigenvalue weighted by molar-refractivity contribution is 6.20.